The summed E-state index contributed by atoms with van der Waals surface area (Å²) in [6.45, 7) is 0. The van der Waals surface area contributed by atoms with Gasteiger partial charge in [-0.3, -0.25) is 14.6 Å². The average molecular weight is 335 g/mol. The van der Waals surface area contributed by atoms with E-state index in [0.29, 0.717) is 12.1 Å². The third-order valence-corrected chi connectivity index (χ3v) is 3.58. The number of hydrogen-bond acceptors (Lipinski definition) is 4. The van der Waals surface area contributed by atoms with Gasteiger partial charge >= 0.3 is 0 Å². The van der Waals surface area contributed by atoms with Crippen LogP contribution in [0.4, 0.5) is 5.69 Å². The fourth-order valence-corrected chi connectivity index (χ4v) is 2.36. The van der Waals surface area contributed by atoms with Crippen molar-refractivity contribution in [2.75, 3.05) is 5.32 Å². The van der Waals surface area contributed by atoms with E-state index in [4.69, 9.17) is 4.42 Å². The van der Waals surface area contributed by atoms with Gasteiger partial charge in [-0.05, 0) is 29.8 Å². The minimum absolute atomic E-state index is 0.159. The lowest BCUT2D eigenvalue weighted by molar-refractivity contribution is -0.118. The van der Waals surface area contributed by atoms with E-state index in [-0.39, 0.29) is 11.7 Å². The second-order valence-corrected chi connectivity index (χ2v) is 5.42. The molecule has 0 radical (unpaired) electrons. The Morgan fingerprint density at radius 3 is 2.56 bits per heavy atom. The molecule has 0 aliphatic rings. The molecule has 2 amide bonds. The first-order chi connectivity index (χ1) is 12.2. The number of hydrogen-bond donors (Lipinski definition) is 2. The van der Waals surface area contributed by atoms with Crippen LogP contribution in [0.15, 0.2) is 77.7 Å². The zero-order valence-corrected chi connectivity index (χ0v) is 13.4. The quantitative estimate of drug-likeness (QED) is 0.725. The molecule has 1 aromatic carbocycles. The highest BCUT2D eigenvalue weighted by Crippen LogP contribution is 2.09. The fourth-order valence-electron chi connectivity index (χ4n) is 2.36. The summed E-state index contributed by atoms with van der Waals surface area (Å²) in [5, 5.41) is 5.49. The van der Waals surface area contributed by atoms with E-state index in [2.05, 4.69) is 15.6 Å². The van der Waals surface area contributed by atoms with Gasteiger partial charge in [-0.15, -0.1) is 0 Å². The van der Waals surface area contributed by atoms with Crippen LogP contribution in [0, 0.1) is 0 Å². The Balaban J connectivity index is 1.75. The minimum atomic E-state index is -0.750. The Hall–Kier alpha value is -3.41. The second kappa shape index (κ2) is 7.92. The molecule has 3 aromatic rings. The second-order valence-electron chi connectivity index (χ2n) is 5.42. The first kappa shape index (κ1) is 16.4. The summed E-state index contributed by atoms with van der Waals surface area (Å²) in [7, 11) is 0. The number of aromatic nitrogens is 1. The molecule has 1 unspecified atom stereocenters. The lowest BCUT2D eigenvalue weighted by atomic mass is 10.0. The van der Waals surface area contributed by atoms with Crippen LogP contribution < -0.4 is 10.6 Å². The van der Waals surface area contributed by atoms with Gasteiger partial charge in [0.05, 0.1) is 18.1 Å². The Morgan fingerprint density at radius 2 is 1.88 bits per heavy atom. The van der Waals surface area contributed by atoms with E-state index < -0.39 is 11.9 Å². The molecule has 0 aliphatic heterocycles. The summed E-state index contributed by atoms with van der Waals surface area (Å²) in [5.41, 5.74) is 1.51. The van der Waals surface area contributed by atoms with Crippen molar-refractivity contribution in [2.24, 2.45) is 0 Å². The summed E-state index contributed by atoms with van der Waals surface area (Å²) in [6.07, 6.45) is 4.94. The first-order valence-corrected chi connectivity index (χ1v) is 7.81. The van der Waals surface area contributed by atoms with Crippen molar-refractivity contribution < 1.29 is 14.0 Å². The molecule has 126 valence electrons. The van der Waals surface area contributed by atoms with Gasteiger partial charge in [-0.2, -0.15) is 0 Å². The predicted octanol–water partition coefficient (Wildman–Crippen LogP) is 2.65. The number of pyridine rings is 1. The number of anilines is 1. The van der Waals surface area contributed by atoms with Gasteiger partial charge in [-0.25, -0.2) is 0 Å². The average Bonchev–Trinajstić information content (AvgIpc) is 3.18. The monoisotopic (exact) mass is 335 g/mol. The van der Waals surface area contributed by atoms with Crippen molar-refractivity contribution >= 4 is 17.5 Å². The van der Waals surface area contributed by atoms with E-state index in [1.54, 1.807) is 36.7 Å². The number of carbonyl (C=O) groups is 2. The molecule has 2 N–H and O–H groups in total. The number of nitrogens with zero attached hydrogens (tertiary/aromatic N) is 1. The van der Waals surface area contributed by atoms with E-state index in [1.165, 1.54) is 6.26 Å². The molecule has 0 saturated heterocycles. The summed E-state index contributed by atoms with van der Waals surface area (Å²) >= 11 is 0. The fraction of sp³-hybridized carbons (Fsp3) is 0.105. The smallest absolute Gasteiger partial charge is 0.287 e. The van der Waals surface area contributed by atoms with Gasteiger partial charge < -0.3 is 15.1 Å². The molecule has 3 rings (SSSR count). The molecule has 6 heteroatoms. The molecule has 0 fully saturated rings. The summed E-state index contributed by atoms with van der Waals surface area (Å²) in [4.78, 5) is 28.9. The van der Waals surface area contributed by atoms with E-state index in [0.717, 1.165) is 5.56 Å². The molecule has 0 spiro atoms. The zero-order chi connectivity index (χ0) is 17.5. The van der Waals surface area contributed by atoms with E-state index in [1.807, 2.05) is 30.3 Å². The van der Waals surface area contributed by atoms with Crippen LogP contribution in [0.25, 0.3) is 0 Å². The van der Waals surface area contributed by atoms with Crippen molar-refractivity contribution in [3.8, 4) is 0 Å². The Labute approximate surface area is 144 Å². The van der Waals surface area contributed by atoms with Gasteiger partial charge in [-0.1, -0.05) is 30.3 Å². The van der Waals surface area contributed by atoms with Crippen LogP contribution in [0.3, 0.4) is 0 Å². The highest BCUT2D eigenvalue weighted by molar-refractivity contribution is 6.00. The van der Waals surface area contributed by atoms with Crippen molar-refractivity contribution in [1.82, 2.24) is 10.3 Å². The van der Waals surface area contributed by atoms with Crippen LogP contribution in [-0.2, 0) is 11.2 Å². The third kappa shape index (κ3) is 4.54. The van der Waals surface area contributed by atoms with Crippen molar-refractivity contribution in [3.63, 3.8) is 0 Å². The number of rotatable bonds is 6. The largest absolute Gasteiger partial charge is 0.459 e. The molecule has 0 bridgehead atoms. The minimum Gasteiger partial charge on any atom is -0.459 e. The molecule has 6 nitrogen and oxygen atoms in total. The van der Waals surface area contributed by atoms with Gasteiger partial charge in [0.1, 0.15) is 6.04 Å². The molecular weight excluding hydrogens is 318 g/mol. The zero-order valence-electron chi connectivity index (χ0n) is 13.4. The third-order valence-electron chi connectivity index (χ3n) is 3.58. The molecule has 2 aromatic heterocycles. The Bertz CT molecular complexity index is 818. The van der Waals surface area contributed by atoms with Gasteiger partial charge in [0.25, 0.3) is 5.91 Å². The number of amides is 2. The predicted molar refractivity (Wildman–Crippen MR) is 93.0 cm³/mol. The number of carbonyl (C=O) groups excluding carboxylic acids is 2. The first-order valence-electron chi connectivity index (χ1n) is 7.81. The summed E-state index contributed by atoms with van der Waals surface area (Å²) in [5.74, 6) is -0.601. The molecule has 0 aliphatic carbocycles. The standard InChI is InChI=1S/C19H17N3O3/c23-18(21-15-8-4-10-20-13-15)16(12-14-6-2-1-3-7-14)22-19(24)17-9-5-11-25-17/h1-11,13,16H,12H2,(H,21,23)(H,22,24). The Morgan fingerprint density at radius 1 is 1.04 bits per heavy atom. The normalized spacial score (nSPS) is 11.5. The lowest BCUT2D eigenvalue weighted by Gasteiger charge is -2.18. The maximum absolute atomic E-state index is 12.6. The van der Waals surface area contributed by atoms with Crippen molar-refractivity contribution in [3.05, 3.63) is 84.6 Å². The van der Waals surface area contributed by atoms with Gasteiger partial charge in [0.15, 0.2) is 5.76 Å². The lowest BCUT2D eigenvalue weighted by Crippen LogP contribution is -2.45. The maximum Gasteiger partial charge on any atom is 0.287 e. The molecule has 2 heterocycles. The van der Waals surface area contributed by atoms with Gasteiger partial charge in [0.2, 0.25) is 5.91 Å². The van der Waals surface area contributed by atoms with Crippen LogP contribution in [0.1, 0.15) is 16.1 Å². The number of nitrogens with one attached hydrogen (secondary N) is 2. The molecule has 1 atom stereocenters. The Kier molecular flexibility index (Phi) is 5.21. The summed E-state index contributed by atoms with van der Waals surface area (Å²) < 4.78 is 5.09. The molecule has 0 saturated carbocycles. The topological polar surface area (TPSA) is 84.2 Å². The van der Waals surface area contributed by atoms with Gasteiger partial charge in [0, 0.05) is 12.6 Å². The maximum atomic E-state index is 12.6. The highest BCUT2D eigenvalue weighted by Gasteiger charge is 2.23. The summed E-state index contributed by atoms with van der Waals surface area (Å²) in [6, 6.07) is 15.4. The highest BCUT2D eigenvalue weighted by atomic mass is 16.3. The number of benzene rings is 1. The number of furan rings is 1. The van der Waals surface area contributed by atoms with Crippen LogP contribution in [0.5, 0.6) is 0 Å². The molecule has 25 heavy (non-hydrogen) atoms. The van der Waals surface area contributed by atoms with Crippen LogP contribution in [0.2, 0.25) is 0 Å². The van der Waals surface area contributed by atoms with E-state index >= 15 is 0 Å². The van der Waals surface area contributed by atoms with Crippen molar-refractivity contribution in [1.29, 1.82) is 0 Å². The van der Waals surface area contributed by atoms with Crippen LogP contribution >= 0.6 is 0 Å². The van der Waals surface area contributed by atoms with Crippen LogP contribution in [-0.4, -0.2) is 22.8 Å². The van der Waals surface area contributed by atoms with E-state index in [9.17, 15) is 9.59 Å². The molecular formula is C19H17N3O3. The van der Waals surface area contributed by atoms with Crippen molar-refractivity contribution in [2.45, 2.75) is 12.5 Å². The SMILES string of the molecule is O=C(NC(Cc1ccccc1)C(=O)Nc1cccnc1)c1ccco1.